The number of pyridine rings is 1. The number of esters is 1. The van der Waals surface area contributed by atoms with Gasteiger partial charge in [-0.1, -0.05) is 0 Å². The summed E-state index contributed by atoms with van der Waals surface area (Å²) in [6.07, 6.45) is -2.81. The molecule has 0 bridgehead atoms. The fourth-order valence-corrected chi connectivity index (χ4v) is 2.61. The zero-order valence-corrected chi connectivity index (χ0v) is 13.5. The predicted octanol–water partition coefficient (Wildman–Crippen LogP) is 2.59. The Bertz CT molecular complexity index is 793. The molecular weight excluding hydrogens is 308 g/mol. The van der Waals surface area contributed by atoms with Crippen molar-refractivity contribution in [1.29, 1.82) is 0 Å². The van der Waals surface area contributed by atoms with Gasteiger partial charge in [0.25, 0.3) is 12.0 Å². The van der Waals surface area contributed by atoms with E-state index in [9.17, 15) is 18.4 Å². The van der Waals surface area contributed by atoms with Crippen molar-refractivity contribution in [3.05, 3.63) is 27.7 Å². The number of aromatic nitrogens is 3. The van der Waals surface area contributed by atoms with Crippen molar-refractivity contribution in [2.75, 3.05) is 7.11 Å². The van der Waals surface area contributed by atoms with Gasteiger partial charge >= 0.3 is 5.97 Å². The van der Waals surface area contributed by atoms with Crippen LogP contribution in [-0.4, -0.2) is 27.4 Å². The number of fused-ring (bicyclic) bond motifs is 1. The minimum absolute atomic E-state index is 0.0279. The van der Waals surface area contributed by atoms with E-state index in [1.165, 1.54) is 11.7 Å². The van der Waals surface area contributed by atoms with Gasteiger partial charge in [-0.05, 0) is 20.8 Å². The number of rotatable bonds is 5. The lowest BCUT2D eigenvalue weighted by molar-refractivity contribution is -0.140. The predicted molar refractivity (Wildman–Crippen MR) is 80.7 cm³/mol. The maximum atomic E-state index is 13.3. The molecule has 0 unspecified atom stereocenters. The Morgan fingerprint density at radius 2 is 2.04 bits per heavy atom. The first-order valence-corrected chi connectivity index (χ1v) is 7.25. The van der Waals surface area contributed by atoms with E-state index in [2.05, 4.69) is 9.84 Å². The van der Waals surface area contributed by atoms with Crippen LogP contribution in [0.25, 0.3) is 11.0 Å². The second-order valence-electron chi connectivity index (χ2n) is 5.54. The topological polar surface area (TPSA) is 66.1 Å². The van der Waals surface area contributed by atoms with Crippen molar-refractivity contribution in [2.45, 2.75) is 46.2 Å². The van der Waals surface area contributed by atoms with E-state index >= 15 is 0 Å². The maximum absolute atomic E-state index is 13.3. The van der Waals surface area contributed by atoms with Crippen LogP contribution in [0.1, 0.15) is 44.0 Å². The number of alkyl halides is 2. The lowest BCUT2D eigenvalue weighted by Gasteiger charge is -2.09. The van der Waals surface area contributed by atoms with Crippen LogP contribution >= 0.6 is 0 Å². The van der Waals surface area contributed by atoms with Gasteiger partial charge < -0.3 is 4.74 Å². The molecule has 126 valence electrons. The number of carbonyl (C=O) groups is 1. The van der Waals surface area contributed by atoms with Crippen molar-refractivity contribution in [3.8, 4) is 0 Å². The summed E-state index contributed by atoms with van der Waals surface area (Å²) in [7, 11) is 1.25. The number of hydrogen-bond donors (Lipinski definition) is 0. The molecule has 0 spiro atoms. The SMILES string of the molecule is COC(=O)CCn1c(=O)cc(C(F)F)c2c(C)n(C(C)C)nc21. The highest BCUT2D eigenvalue weighted by Crippen LogP contribution is 2.29. The summed E-state index contributed by atoms with van der Waals surface area (Å²) in [6.45, 7) is 5.46. The van der Waals surface area contributed by atoms with Gasteiger partial charge in [-0.15, -0.1) is 0 Å². The second-order valence-corrected chi connectivity index (χ2v) is 5.54. The molecule has 0 aliphatic heterocycles. The molecule has 0 N–H and O–H groups in total. The molecule has 0 saturated carbocycles. The summed E-state index contributed by atoms with van der Waals surface area (Å²) in [6, 6.07) is 0.876. The molecule has 2 aromatic rings. The molecular formula is C15H19F2N3O3. The van der Waals surface area contributed by atoms with Crippen LogP contribution in [0.3, 0.4) is 0 Å². The van der Waals surface area contributed by atoms with Crippen LogP contribution in [0.5, 0.6) is 0 Å². The number of methoxy groups -OCH3 is 1. The smallest absolute Gasteiger partial charge is 0.307 e. The Morgan fingerprint density at radius 3 is 2.57 bits per heavy atom. The van der Waals surface area contributed by atoms with Crippen LogP contribution in [0.2, 0.25) is 0 Å². The number of nitrogens with zero attached hydrogens (tertiary/aromatic N) is 3. The lowest BCUT2D eigenvalue weighted by atomic mass is 10.1. The van der Waals surface area contributed by atoms with Crippen molar-refractivity contribution in [2.24, 2.45) is 0 Å². The summed E-state index contributed by atoms with van der Waals surface area (Å²) < 4.78 is 34.0. The zero-order chi connectivity index (χ0) is 17.3. The average molecular weight is 327 g/mol. The van der Waals surface area contributed by atoms with Crippen molar-refractivity contribution >= 4 is 17.0 Å². The third-order valence-electron chi connectivity index (χ3n) is 3.71. The van der Waals surface area contributed by atoms with Gasteiger partial charge in [0.15, 0.2) is 5.65 Å². The van der Waals surface area contributed by atoms with E-state index in [-0.39, 0.29) is 35.6 Å². The third-order valence-corrected chi connectivity index (χ3v) is 3.71. The van der Waals surface area contributed by atoms with Crippen LogP contribution in [0.4, 0.5) is 8.78 Å². The fourth-order valence-electron chi connectivity index (χ4n) is 2.61. The van der Waals surface area contributed by atoms with Crippen molar-refractivity contribution < 1.29 is 18.3 Å². The van der Waals surface area contributed by atoms with Gasteiger partial charge in [-0.3, -0.25) is 18.8 Å². The normalized spacial score (nSPS) is 11.7. The van der Waals surface area contributed by atoms with Gasteiger partial charge in [0.05, 0.1) is 13.5 Å². The molecule has 0 aromatic carbocycles. The highest BCUT2D eigenvalue weighted by Gasteiger charge is 2.22. The molecule has 0 aliphatic rings. The number of ether oxygens (including phenoxy) is 1. The molecule has 2 aromatic heterocycles. The van der Waals surface area contributed by atoms with E-state index in [0.717, 1.165) is 6.07 Å². The minimum atomic E-state index is -2.77. The van der Waals surface area contributed by atoms with E-state index in [1.54, 1.807) is 11.6 Å². The number of halogens is 2. The molecule has 0 saturated heterocycles. The molecule has 6 nitrogen and oxygen atoms in total. The molecule has 0 radical (unpaired) electrons. The van der Waals surface area contributed by atoms with Crippen LogP contribution in [0.15, 0.2) is 10.9 Å². The fraction of sp³-hybridized carbons (Fsp3) is 0.533. The molecule has 23 heavy (non-hydrogen) atoms. The first-order chi connectivity index (χ1) is 10.8. The summed E-state index contributed by atoms with van der Waals surface area (Å²) in [5.41, 5.74) is -0.200. The largest absolute Gasteiger partial charge is 0.469 e. The lowest BCUT2D eigenvalue weighted by Crippen LogP contribution is -2.23. The van der Waals surface area contributed by atoms with Gasteiger partial charge in [0, 0.05) is 35.3 Å². The molecule has 0 fully saturated rings. The first kappa shape index (κ1) is 17.1. The van der Waals surface area contributed by atoms with Crippen molar-refractivity contribution in [1.82, 2.24) is 14.3 Å². The number of carbonyl (C=O) groups excluding carboxylic acids is 1. The van der Waals surface area contributed by atoms with Gasteiger partial charge in [-0.25, -0.2) is 8.78 Å². The minimum Gasteiger partial charge on any atom is -0.469 e. The monoisotopic (exact) mass is 327 g/mol. The van der Waals surface area contributed by atoms with E-state index in [1.807, 2.05) is 13.8 Å². The van der Waals surface area contributed by atoms with E-state index in [0.29, 0.717) is 5.69 Å². The Kier molecular flexibility index (Phi) is 4.82. The first-order valence-electron chi connectivity index (χ1n) is 7.25. The van der Waals surface area contributed by atoms with Crippen LogP contribution in [0, 0.1) is 6.92 Å². The highest BCUT2D eigenvalue weighted by molar-refractivity contribution is 5.82. The Balaban J connectivity index is 2.71. The Hall–Kier alpha value is -2.25. The number of aryl methyl sites for hydroxylation is 2. The van der Waals surface area contributed by atoms with Crippen molar-refractivity contribution in [3.63, 3.8) is 0 Å². The highest BCUT2D eigenvalue weighted by atomic mass is 19.3. The molecule has 2 rings (SSSR count). The molecule has 0 aliphatic carbocycles. The molecule has 0 amide bonds. The quantitative estimate of drug-likeness (QED) is 0.792. The zero-order valence-electron chi connectivity index (χ0n) is 13.5. The third kappa shape index (κ3) is 3.11. The van der Waals surface area contributed by atoms with Crippen LogP contribution < -0.4 is 5.56 Å². The molecule has 8 heteroatoms. The average Bonchev–Trinajstić information content (AvgIpc) is 2.83. The summed E-state index contributed by atoms with van der Waals surface area (Å²) in [5, 5.41) is 4.58. The van der Waals surface area contributed by atoms with Gasteiger partial charge in [0.1, 0.15) is 0 Å². The standard InChI is InChI=1S/C15H19F2N3O3/c1-8(2)20-9(3)13-10(14(16)17)7-11(21)19(15(13)18-20)6-5-12(22)23-4/h7-8,14H,5-6H2,1-4H3. The second kappa shape index (κ2) is 6.47. The summed E-state index contributed by atoms with van der Waals surface area (Å²) >= 11 is 0. The molecule has 0 atom stereocenters. The van der Waals surface area contributed by atoms with Crippen LogP contribution in [-0.2, 0) is 16.1 Å². The Morgan fingerprint density at radius 1 is 1.39 bits per heavy atom. The van der Waals surface area contributed by atoms with Gasteiger partial charge in [0.2, 0.25) is 0 Å². The summed E-state index contributed by atoms with van der Waals surface area (Å²) in [4.78, 5) is 23.5. The number of hydrogen-bond acceptors (Lipinski definition) is 4. The van der Waals surface area contributed by atoms with E-state index in [4.69, 9.17) is 0 Å². The Labute approximate surface area is 131 Å². The van der Waals surface area contributed by atoms with E-state index < -0.39 is 18.0 Å². The maximum Gasteiger partial charge on any atom is 0.307 e. The molecule has 2 heterocycles. The summed E-state index contributed by atoms with van der Waals surface area (Å²) in [5.74, 6) is -0.483. The van der Waals surface area contributed by atoms with Gasteiger partial charge in [-0.2, -0.15) is 5.10 Å².